The fourth-order valence-corrected chi connectivity index (χ4v) is 6.69. The minimum Gasteiger partial charge on any atom is -0.345 e. The largest absolute Gasteiger partial charge is 0.345 e. The number of nitrogens with zero attached hydrogens (tertiary/aromatic N) is 3. The summed E-state index contributed by atoms with van der Waals surface area (Å²) in [4.78, 5) is 7.01. The SMILES string of the molecule is Cc1cccc(Cc2csc(N3CCN(S(=O)(=O)c4cc(Cl)ccc4Cl)CC3)n2)c1C. The molecule has 9 heteroatoms. The standard InChI is InChI=1S/C22H23Cl2N3O2S2/c1-15-4-3-5-17(16(15)2)12-19-14-30-22(25-19)26-8-10-27(11-9-26)31(28,29)21-13-18(23)6-7-20(21)24/h3-7,13-14H,8-12H2,1-2H3. The van der Waals surface area contributed by atoms with Crippen LogP contribution in [0.3, 0.4) is 0 Å². The first-order chi connectivity index (χ1) is 14.8. The Morgan fingerprint density at radius 1 is 1.06 bits per heavy atom. The maximum absolute atomic E-state index is 13.0. The molecule has 5 nitrogen and oxygen atoms in total. The zero-order valence-corrected chi connectivity index (χ0v) is 20.5. The van der Waals surface area contributed by atoms with Gasteiger partial charge in [-0.1, -0.05) is 41.4 Å². The Bertz CT molecular complexity index is 1200. The highest BCUT2D eigenvalue weighted by Gasteiger charge is 2.31. The van der Waals surface area contributed by atoms with Crippen molar-refractivity contribution in [3.63, 3.8) is 0 Å². The molecule has 0 amide bonds. The number of hydrogen-bond donors (Lipinski definition) is 0. The number of sulfonamides is 1. The van der Waals surface area contributed by atoms with Gasteiger partial charge in [0.25, 0.3) is 0 Å². The second kappa shape index (κ2) is 9.08. The van der Waals surface area contributed by atoms with Crippen LogP contribution in [0, 0.1) is 13.8 Å². The van der Waals surface area contributed by atoms with Gasteiger partial charge in [0.2, 0.25) is 10.0 Å². The summed E-state index contributed by atoms with van der Waals surface area (Å²) >= 11 is 13.7. The van der Waals surface area contributed by atoms with Crippen LogP contribution in [0.4, 0.5) is 5.13 Å². The number of rotatable bonds is 5. The van der Waals surface area contributed by atoms with E-state index < -0.39 is 10.0 Å². The summed E-state index contributed by atoms with van der Waals surface area (Å²) in [6.07, 6.45) is 0.797. The molecule has 1 fully saturated rings. The van der Waals surface area contributed by atoms with Gasteiger partial charge in [-0.25, -0.2) is 13.4 Å². The van der Waals surface area contributed by atoms with Crippen LogP contribution in [0.5, 0.6) is 0 Å². The van der Waals surface area contributed by atoms with Crippen molar-refractivity contribution in [2.45, 2.75) is 25.2 Å². The number of anilines is 1. The van der Waals surface area contributed by atoms with Crippen LogP contribution in [0.15, 0.2) is 46.7 Å². The van der Waals surface area contributed by atoms with E-state index in [9.17, 15) is 8.42 Å². The minimum atomic E-state index is -3.69. The van der Waals surface area contributed by atoms with Crippen LogP contribution in [0.1, 0.15) is 22.4 Å². The van der Waals surface area contributed by atoms with Gasteiger partial charge in [-0.2, -0.15) is 4.31 Å². The predicted molar refractivity (Wildman–Crippen MR) is 128 cm³/mol. The average molecular weight is 496 g/mol. The number of benzene rings is 2. The van der Waals surface area contributed by atoms with E-state index in [1.54, 1.807) is 17.4 Å². The van der Waals surface area contributed by atoms with E-state index in [4.69, 9.17) is 28.2 Å². The third-order valence-corrected chi connectivity index (χ3v) is 9.21. The first kappa shape index (κ1) is 22.6. The summed E-state index contributed by atoms with van der Waals surface area (Å²) in [5, 5.41) is 3.55. The topological polar surface area (TPSA) is 53.5 Å². The van der Waals surface area contributed by atoms with Gasteiger partial charge in [0.1, 0.15) is 4.90 Å². The molecule has 0 aliphatic carbocycles. The molecule has 164 valence electrons. The monoisotopic (exact) mass is 495 g/mol. The molecule has 31 heavy (non-hydrogen) atoms. The Morgan fingerprint density at radius 2 is 1.81 bits per heavy atom. The summed E-state index contributed by atoms with van der Waals surface area (Å²) in [7, 11) is -3.69. The minimum absolute atomic E-state index is 0.0557. The third kappa shape index (κ3) is 4.76. The van der Waals surface area contributed by atoms with Crippen molar-refractivity contribution >= 4 is 49.7 Å². The molecule has 1 saturated heterocycles. The molecule has 1 aliphatic rings. The molecule has 0 spiro atoms. The van der Waals surface area contributed by atoms with E-state index in [0.29, 0.717) is 31.2 Å². The molecule has 4 rings (SSSR count). The van der Waals surface area contributed by atoms with Crippen LogP contribution >= 0.6 is 34.5 Å². The highest BCUT2D eigenvalue weighted by atomic mass is 35.5. The predicted octanol–water partition coefficient (Wildman–Crippen LogP) is 5.17. The van der Waals surface area contributed by atoms with Crippen LogP contribution in [-0.2, 0) is 16.4 Å². The van der Waals surface area contributed by atoms with E-state index in [-0.39, 0.29) is 9.92 Å². The van der Waals surface area contributed by atoms with Crippen LogP contribution in [-0.4, -0.2) is 43.9 Å². The van der Waals surface area contributed by atoms with Crippen molar-refractivity contribution < 1.29 is 8.42 Å². The zero-order chi connectivity index (χ0) is 22.2. The summed E-state index contributed by atoms with van der Waals surface area (Å²) in [6, 6.07) is 10.9. The van der Waals surface area contributed by atoms with E-state index in [1.165, 1.54) is 33.1 Å². The van der Waals surface area contributed by atoms with E-state index in [1.807, 2.05) is 0 Å². The molecule has 3 aromatic rings. The summed E-state index contributed by atoms with van der Waals surface area (Å²) < 4.78 is 27.5. The fourth-order valence-electron chi connectivity index (χ4n) is 3.65. The molecule has 0 unspecified atom stereocenters. The first-order valence-electron chi connectivity index (χ1n) is 9.95. The highest BCUT2D eigenvalue weighted by molar-refractivity contribution is 7.89. The second-order valence-corrected chi connectivity index (χ2v) is 11.2. The van der Waals surface area contributed by atoms with Crippen molar-refractivity contribution in [1.29, 1.82) is 0 Å². The van der Waals surface area contributed by atoms with Gasteiger partial charge in [-0.05, 0) is 48.7 Å². The molecule has 1 aromatic heterocycles. The van der Waals surface area contributed by atoms with Gasteiger partial charge in [0.15, 0.2) is 5.13 Å². The van der Waals surface area contributed by atoms with Crippen molar-refractivity contribution in [2.24, 2.45) is 0 Å². The second-order valence-electron chi connectivity index (χ2n) is 7.62. The maximum Gasteiger partial charge on any atom is 0.244 e. The Morgan fingerprint density at radius 3 is 2.55 bits per heavy atom. The van der Waals surface area contributed by atoms with Crippen molar-refractivity contribution in [1.82, 2.24) is 9.29 Å². The lowest BCUT2D eigenvalue weighted by Crippen LogP contribution is -2.48. The van der Waals surface area contributed by atoms with E-state index >= 15 is 0 Å². The Kier molecular flexibility index (Phi) is 6.60. The van der Waals surface area contributed by atoms with Crippen LogP contribution < -0.4 is 4.90 Å². The Labute approximate surface area is 197 Å². The molecular weight excluding hydrogens is 473 g/mol. The molecule has 0 saturated carbocycles. The maximum atomic E-state index is 13.0. The number of halogens is 2. The zero-order valence-electron chi connectivity index (χ0n) is 17.3. The lowest BCUT2D eigenvalue weighted by molar-refractivity contribution is 0.384. The van der Waals surface area contributed by atoms with Gasteiger partial charge in [-0.3, -0.25) is 0 Å². The summed E-state index contributed by atoms with van der Waals surface area (Å²) in [6.45, 7) is 6.16. The first-order valence-corrected chi connectivity index (χ1v) is 13.0. The van der Waals surface area contributed by atoms with Gasteiger partial charge >= 0.3 is 0 Å². The molecule has 2 heterocycles. The van der Waals surface area contributed by atoms with Gasteiger partial charge in [-0.15, -0.1) is 11.3 Å². The quantitative estimate of drug-likeness (QED) is 0.489. The molecule has 0 N–H and O–H groups in total. The fraction of sp³-hybridized carbons (Fsp3) is 0.318. The summed E-state index contributed by atoms with van der Waals surface area (Å²) in [5.41, 5.74) is 4.90. The van der Waals surface area contributed by atoms with Gasteiger partial charge < -0.3 is 4.90 Å². The molecular formula is C22H23Cl2N3O2S2. The van der Waals surface area contributed by atoms with Crippen LogP contribution in [0.2, 0.25) is 10.0 Å². The molecule has 2 aromatic carbocycles. The molecule has 0 atom stereocenters. The number of thiazole rings is 1. The lowest BCUT2D eigenvalue weighted by atomic mass is 10.0. The van der Waals surface area contributed by atoms with Crippen LogP contribution in [0.25, 0.3) is 0 Å². The number of aryl methyl sites for hydroxylation is 1. The molecule has 0 radical (unpaired) electrons. The van der Waals surface area contributed by atoms with Gasteiger partial charge in [0.05, 0.1) is 10.7 Å². The molecule has 0 bridgehead atoms. The van der Waals surface area contributed by atoms with E-state index in [2.05, 4.69) is 42.3 Å². The number of piperazine rings is 1. The summed E-state index contributed by atoms with van der Waals surface area (Å²) in [5.74, 6) is 0. The third-order valence-electron chi connectivity index (χ3n) is 5.65. The smallest absolute Gasteiger partial charge is 0.244 e. The number of aromatic nitrogens is 1. The molecule has 1 aliphatic heterocycles. The average Bonchev–Trinajstić information content (AvgIpc) is 3.22. The van der Waals surface area contributed by atoms with Crippen molar-refractivity contribution in [3.05, 3.63) is 74.2 Å². The lowest BCUT2D eigenvalue weighted by Gasteiger charge is -2.34. The normalized spacial score (nSPS) is 15.4. The van der Waals surface area contributed by atoms with Crippen molar-refractivity contribution in [3.8, 4) is 0 Å². The number of hydrogen-bond acceptors (Lipinski definition) is 5. The van der Waals surface area contributed by atoms with Crippen molar-refractivity contribution in [2.75, 3.05) is 31.1 Å². The van der Waals surface area contributed by atoms with E-state index in [0.717, 1.165) is 17.2 Å². The Hall–Kier alpha value is -1.64. The highest BCUT2D eigenvalue weighted by Crippen LogP contribution is 2.30. The Balaban J connectivity index is 1.44. The van der Waals surface area contributed by atoms with Gasteiger partial charge in [0, 0.05) is 43.0 Å².